The second kappa shape index (κ2) is 81.3. The number of hydrogen-bond donors (Lipinski definition) is 1. The van der Waals surface area contributed by atoms with E-state index in [1.807, 2.05) is 21.1 Å². The van der Waals surface area contributed by atoms with Gasteiger partial charge in [-0.15, -0.1) is 0 Å². The van der Waals surface area contributed by atoms with Crippen molar-refractivity contribution in [1.29, 1.82) is 0 Å². The number of aliphatic carboxylic acids is 1. The van der Waals surface area contributed by atoms with Crippen molar-refractivity contribution in [3.63, 3.8) is 0 Å². The van der Waals surface area contributed by atoms with Gasteiger partial charge in [-0.2, -0.15) is 0 Å². The summed E-state index contributed by atoms with van der Waals surface area (Å²) in [5.41, 5.74) is 0. The monoisotopic (exact) mass is 1420 g/mol. The SMILES string of the molecule is CC/C=C\C/C=C\C/C=C\C/C=C\C/C=C\C/C=C\C/C=C\C/C=C\C/C=C\C/C=C\C/C=C\CCCCCCCCCC(=O)OC(COC(=O)CCCCCCCCCCCCCCCCC/C=C\C/C=C\C/C=C\C/C=C\C/C=C\C/C=C\C/C=C\CC)COC(OCC[N+](C)(C)C)C(=O)O. The lowest BCUT2D eigenvalue weighted by Gasteiger charge is -2.25. The van der Waals surface area contributed by atoms with Gasteiger partial charge in [-0.25, -0.2) is 4.79 Å². The molecular weight excluding hydrogens is 1270 g/mol. The lowest BCUT2D eigenvalue weighted by molar-refractivity contribution is -0.870. The Morgan fingerprint density at radius 2 is 0.524 bits per heavy atom. The van der Waals surface area contributed by atoms with Crippen molar-refractivity contribution in [2.24, 2.45) is 0 Å². The number of likely N-dealkylation sites (N-methyl/N-ethyl adjacent to an activating group) is 1. The van der Waals surface area contributed by atoms with Crippen LogP contribution >= 0.6 is 0 Å². The fourth-order valence-corrected chi connectivity index (χ4v) is 10.6. The average molecular weight is 1420 g/mol. The first-order valence-corrected chi connectivity index (χ1v) is 40.9. The van der Waals surface area contributed by atoms with Gasteiger partial charge in [-0.1, -0.05) is 348 Å². The molecule has 0 rings (SSSR count). The molecule has 0 aromatic carbocycles. The maximum absolute atomic E-state index is 13.0. The molecule has 9 nitrogen and oxygen atoms in total. The topological polar surface area (TPSA) is 108 Å². The molecule has 0 aromatic heterocycles. The largest absolute Gasteiger partial charge is 0.477 e. The molecule has 578 valence electrons. The first kappa shape index (κ1) is 96.6. The number of carbonyl (C=O) groups excluding carboxylic acids is 2. The standard InChI is InChI=1S/C94H149NO8/c1-6-8-10-12-14-16-18-20-22-24-26-28-30-32-34-36-38-40-42-44-45-46-47-49-51-53-55-57-59-61-63-65-67-69-71-73-75-77-79-81-83-85-92(97)103-90(89-102-94(93(98)99)100-87-86-95(3,4)5)88-101-91(96)84-82-80-78-76-74-72-70-68-66-64-62-60-58-56-54-52-50-48-43-41-39-37-35-33-31-29-27-25-23-21-19-17-15-13-11-9-7-2/h8-11,14-17,20-23,26-29,32-35,38-41,44-45,47-50,53,55,59,61,65,67,90,94H,6-7,12-13,18-19,24-25,30-31,36-37,42-43,46,51-52,54,56-58,60,62-64,66,68-89H2,1-5H3/p+1/b10-8-,11-9-,16-14-,17-15-,22-20-,23-21-,28-26-,29-27-,34-32-,35-33-,40-38-,41-39-,45-44-,49-47-,50-48-,55-53-,61-59-,67-65-. The molecule has 0 saturated carbocycles. The molecule has 0 spiro atoms. The molecule has 0 aliphatic rings. The Morgan fingerprint density at radius 1 is 0.291 bits per heavy atom. The summed E-state index contributed by atoms with van der Waals surface area (Å²) in [5, 5.41) is 9.78. The van der Waals surface area contributed by atoms with Crippen molar-refractivity contribution in [3.05, 3.63) is 219 Å². The van der Waals surface area contributed by atoms with E-state index in [0.717, 1.165) is 161 Å². The minimum Gasteiger partial charge on any atom is -0.477 e. The van der Waals surface area contributed by atoms with Crippen LogP contribution in [0.3, 0.4) is 0 Å². The second-order valence-corrected chi connectivity index (χ2v) is 27.6. The first-order valence-electron chi connectivity index (χ1n) is 40.9. The van der Waals surface area contributed by atoms with Gasteiger partial charge in [0.2, 0.25) is 0 Å². The quantitative estimate of drug-likeness (QED) is 0.0211. The van der Waals surface area contributed by atoms with E-state index in [-0.39, 0.29) is 38.6 Å². The molecule has 0 amide bonds. The normalized spacial score (nSPS) is 13.8. The Bertz CT molecular complexity index is 2510. The molecule has 9 heteroatoms. The summed E-state index contributed by atoms with van der Waals surface area (Å²) in [4.78, 5) is 37.8. The van der Waals surface area contributed by atoms with Crippen LogP contribution in [0, 0.1) is 0 Å². The van der Waals surface area contributed by atoms with Gasteiger partial charge in [0.25, 0.3) is 6.29 Å². The zero-order valence-corrected chi connectivity index (χ0v) is 66.1. The van der Waals surface area contributed by atoms with Crippen molar-refractivity contribution in [2.45, 2.75) is 309 Å². The van der Waals surface area contributed by atoms with Crippen LogP contribution in [0.1, 0.15) is 296 Å². The number of ether oxygens (including phenoxy) is 4. The summed E-state index contributed by atoms with van der Waals surface area (Å²) < 4.78 is 23.0. The number of esters is 2. The van der Waals surface area contributed by atoms with E-state index in [9.17, 15) is 19.5 Å². The van der Waals surface area contributed by atoms with Gasteiger partial charge in [-0.3, -0.25) is 9.59 Å². The van der Waals surface area contributed by atoms with E-state index in [2.05, 4.69) is 233 Å². The van der Waals surface area contributed by atoms with Crippen LogP contribution in [0.25, 0.3) is 0 Å². The summed E-state index contributed by atoms with van der Waals surface area (Å²) in [6, 6.07) is 0. The summed E-state index contributed by atoms with van der Waals surface area (Å²) in [5.74, 6) is -2.03. The van der Waals surface area contributed by atoms with Gasteiger partial charge in [0.05, 0.1) is 34.4 Å². The molecule has 0 radical (unpaired) electrons. The number of carbonyl (C=O) groups is 3. The van der Waals surface area contributed by atoms with Crippen molar-refractivity contribution in [1.82, 2.24) is 0 Å². The van der Waals surface area contributed by atoms with Crippen molar-refractivity contribution in [3.8, 4) is 0 Å². The molecular formula is C94H150NO8+. The highest BCUT2D eigenvalue weighted by Gasteiger charge is 2.25. The maximum atomic E-state index is 13.0. The Hall–Kier alpha value is -6.39. The Kier molecular flexibility index (Phi) is 76.2. The molecule has 0 fully saturated rings. The fraction of sp³-hybridized carbons (Fsp3) is 0.585. The molecule has 103 heavy (non-hydrogen) atoms. The molecule has 0 aliphatic carbocycles. The van der Waals surface area contributed by atoms with Gasteiger partial charge in [-0.05, 0) is 154 Å². The Morgan fingerprint density at radius 3 is 0.777 bits per heavy atom. The highest BCUT2D eigenvalue weighted by atomic mass is 16.7. The van der Waals surface area contributed by atoms with E-state index in [1.54, 1.807) is 0 Å². The predicted molar refractivity (Wildman–Crippen MR) is 446 cm³/mol. The third kappa shape index (κ3) is 82.8. The van der Waals surface area contributed by atoms with Crippen LogP contribution in [0.15, 0.2) is 219 Å². The number of allylic oxidation sites excluding steroid dienone is 36. The number of carboxylic acids is 1. The van der Waals surface area contributed by atoms with Crippen molar-refractivity contribution in [2.75, 3.05) is 47.5 Å². The molecule has 1 N–H and O–H groups in total. The van der Waals surface area contributed by atoms with Gasteiger partial charge in [0, 0.05) is 12.8 Å². The fourth-order valence-electron chi connectivity index (χ4n) is 10.6. The molecule has 2 atom stereocenters. The minimum atomic E-state index is -1.53. The van der Waals surface area contributed by atoms with Crippen LogP contribution in [0.2, 0.25) is 0 Å². The third-order valence-electron chi connectivity index (χ3n) is 16.7. The number of hydrogen-bond acceptors (Lipinski definition) is 7. The first-order chi connectivity index (χ1) is 50.6. The van der Waals surface area contributed by atoms with Crippen LogP contribution in [0.5, 0.6) is 0 Å². The Balaban J connectivity index is 4.14. The highest BCUT2D eigenvalue weighted by molar-refractivity contribution is 5.71. The van der Waals surface area contributed by atoms with Gasteiger partial charge >= 0.3 is 17.9 Å². The van der Waals surface area contributed by atoms with Crippen LogP contribution in [-0.2, 0) is 33.3 Å². The van der Waals surface area contributed by atoms with Crippen LogP contribution < -0.4 is 0 Å². The van der Waals surface area contributed by atoms with E-state index in [1.165, 1.54) is 103 Å². The van der Waals surface area contributed by atoms with Gasteiger partial charge < -0.3 is 28.5 Å². The van der Waals surface area contributed by atoms with E-state index >= 15 is 0 Å². The summed E-state index contributed by atoms with van der Waals surface area (Å²) >= 11 is 0. The lowest BCUT2D eigenvalue weighted by atomic mass is 10.0. The molecule has 0 aliphatic heterocycles. The van der Waals surface area contributed by atoms with Crippen LogP contribution in [0.4, 0.5) is 0 Å². The maximum Gasteiger partial charge on any atom is 0.361 e. The minimum absolute atomic E-state index is 0.175. The summed E-state index contributed by atoms with van der Waals surface area (Å²) in [7, 11) is 5.97. The van der Waals surface area contributed by atoms with Crippen LogP contribution in [-0.4, -0.2) is 87.4 Å². The summed E-state index contributed by atoms with van der Waals surface area (Å²) in [6.07, 6.45) is 125. The smallest absolute Gasteiger partial charge is 0.361 e. The zero-order chi connectivity index (χ0) is 74.6. The Labute approximate surface area is 632 Å². The highest BCUT2D eigenvalue weighted by Crippen LogP contribution is 2.17. The molecule has 0 heterocycles. The molecule has 2 unspecified atom stereocenters. The number of quaternary nitrogens is 1. The number of unbranched alkanes of at least 4 members (excludes halogenated alkanes) is 22. The molecule has 0 bridgehead atoms. The average Bonchev–Trinajstić information content (AvgIpc) is 1.01. The third-order valence-corrected chi connectivity index (χ3v) is 16.7. The van der Waals surface area contributed by atoms with Gasteiger partial charge in [0.15, 0.2) is 6.10 Å². The lowest BCUT2D eigenvalue weighted by Crippen LogP contribution is -2.40. The number of carboxylic acid groups (broad SMARTS) is 1. The van der Waals surface area contributed by atoms with Crippen molar-refractivity contribution >= 4 is 17.9 Å². The predicted octanol–water partition coefficient (Wildman–Crippen LogP) is 26.8. The van der Waals surface area contributed by atoms with E-state index in [0.29, 0.717) is 17.4 Å². The van der Waals surface area contributed by atoms with E-state index < -0.39 is 24.3 Å². The summed E-state index contributed by atoms with van der Waals surface area (Å²) in [6.45, 7) is 4.63. The zero-order valence-electron chi connectivity index (χ0n) is 66.1. The van der Waals surface area contributed by atoms with E-state index in [4.69, 9.17) is 18.9 Å². The second-order valence-electron chi connectivity index (χ2n) is 27.6. The van der Waals surface area contributed by atoms with Crippen molar-refractivity contribution < 1.29 is 42.9 Å². The number of nitrogens with zero attached hydrogens (tertiary/aromatic N) is 1. The van der Waals surface area contributed by atoms with Gasteiger partial charge in [0.1, 0.15) is 13.2 Å². The molecule has 0 aromatic rings. The molecule has 0 saturated heterocycles. The number of rotatable bonds is 73.